The normalized spacial score (nSPS) is 12.1. The lowest BCUT2D eigenvalue weighted by molar-refractivity contribution is -0.122. The average Bonchev–Trinajstić information content (AvgIpc) is 2.67. The van der Waals surface area contributed by atoms with E-state index in [1.54, 1.807) is 31.2 Å². The molecule has 7 nitrogen and oxygen atoms in total. The molecule has 1 unspecified atom stereocenters. The van der Waals surface area contributed by atoms with E-state index >= 15 is 0 Å². The highest BCUT2D eigenvalue weighted by Crippen LogP contribution is 2.17. The van der Waals surface area contributed by atoms with E-state index in [4.69, 9.17) is 0 Å². The van der Waals surface area contributed by atoms with Crippen molar-refractivity contribution in [2.75, 3.05) is 11.3 Å². The average molecular weight is 404 g/mol. The number of benzene rings is 2. The van der Waals surface area contributed by atoms with Gasteiger partial charge in [-0.15, -0.1) is 0 Å². The summed E-state index contributed by atoms with van der Waals surface area (Å²) in [5, 5.41) is 5.27. The van der Waals surface area contributed by atoms with Crippen molar-refractivity contribution in [3.63, 3.8) is 0 Å². The largest absolute Gasteiger partial charge is 0.354 e. The molecular formula is C20H25N3O4S. The van der Waals surface area contributed by atoms with Crippen molar-refractivity contribution in [1.82, 2.24) is 10.6 Å². The molecule has 0 aliphatic rings. The van der Waals surface area contributed by atoms with Crippen LogP contribution in [0.2, 0.25) is 0 Å². The van der Waals surface area contributed by atoms with Crippen LogP contribution in [-0.4, -0.2) is 32.8 Å². The topological polar surface area (TPSA) is 104 Å². The summed E-state index contributed by atoms with van der Waals surface area (Å²) in [6.07, 6.45) is 0.792. The predicted molar refractivity (Wildman–Crippen MR) is 109 cm³/mol. The Morgan fingerprint density at radius 1 is 1.07 bits per heavy atom. The first-order chi connectivity index (χ1) is 13.2. The summed E-state index contributed by atoms with van der Waals surface area (Å²) in [5.74, 6) is -0.813. The maximum atomic E-state index is 12.6. The molecule has 0 aromatic heterocycles. The second kappa shape index (κ2) is 9.36. The molecule has 28 heavy (non-hydrogen) atoms. The van der Waals surface area contributed by atoms with E-state index in [0.29, 0.717) is 12.2 Å². The number of nitrogens with one attached hydrogen (secondary N) is 3. The molecule has 0 saturated carbocycles. The molecule has 0 radical (unpaired) electrons. The fourth-order valence-corrected chi connectivity index (χ4v) is 3.49. The summed E-state index contributed by atoms with van der Waals surface area (Å²) < 4.78 is 27.7. The highest BCUT2D eigenvalue weighted by atomic mass is 32.2. The monoisotopic (exact) mass is 403 g/mol. The maximum Gasteiger partial charge on any atom is 0.261 e. The second-order valence-corrected chi connectivity index (χ2v) is 8.17. The van der Waals surface area contributed by atoms with Crippen molar-refractivity contribution in [2.24, 2.45) is 0 Å². The van der Waals surface area contributed by atoms with Crippen LogP contribution in [0.4, 0.5) is 5.69 Å². The van der Waals surface area contributed by atoms with Crippen molar-refractivity contribution in [1.29, 1.82) is 0 Å². The lowest BCUT2D eigenvalue weighted by Gasteiger charge is -2.14. The third-order valence-electron chi connectivity index (χ3n) is 4.00. The Labute approximate surface area is 165 Å². The quantitative estimate of drug-likeness (QED) is 0.630. The van der Waals surface area contributed by atoms with Gasteiger partial charge in [0.25, 0.3) is 15.9 Å². The van der Waals surface area contributed by atoms with Crippen LogP contribution in [0, 0.1) is 6.92 Å². The molecule has 2 amide bonds. The van der Waals surface area contributed by atoms with Crippen LogP contribution in [-0.2, 0) is 14.8 Å². The zero-order valence-electron chi connectivity index (χ0n) is 16.2. The molecule has 0 fully saturated rings. The van der Waals surface area contributed by atoms with E-state index in [1.807, 2.05) is 13.8 Å². The fourth-order valence-electron chi connectivity index (χ4n) is 2.39. The van der Waals surface area contributed by atoms with Crippen LogP contribution in [0.1, 0.15) is 36.2 Å². The number of rotatable bonds is 8. The van der Waals surface area contributed by atoms with Crippen LogP contribution in [0.25, 0.3) is 0 Å². The standard InChI is InChI=1S/C20H25N3O4S/c1-4-12-21-19(24)15(3)22-20(25)16-6-5-7-18(13-16)28(26,27)23-17-10-8-14(2)9-11-17/h5-11,13,15,23H,4,12H2,1-3H3,(H,21,24)(H,22,25). The minimum absolute atomic E-state index is 0.0381. The van der Waals surface area contributed by atoms with Gasteiger partial charge in [-0.3, -0.25) is 14.3 Å². The molecule has 0 spiro atoms. The summed E-state index contributed by atoms with van der Waals surface area (Å²) in [5.41, 5.74) is 1.60. The van der Waals surface area contributed by atoms with Crippen molar-refractivity contribution in [2.45, 2.75) is 38.1 Å². The molecule has 8 heteroatoms. The Kier molecular flexibility index (Phi) is 7.17. The zero-order chi connectivity index (χ0) is 20.7. The van der Waals surface area contributed by atoms with Gasteiger partial charge in [-0.05, 0) is 50.6 Å². The molecule has 2 rings (SSSR count). The van der Waals surface area contributed by atoms with E-state index in [-0.39, 0.29) is 16.4 Å². The van der Waals surface area contributed by atoms with Gasteiger partial charge in [0, 0.05) is 17.8 Å². The first kappa shape index (κ1) is 21.4. The third-order valence-corrected chi connectivity index (χ3v) is 5.38. The van der Waals surface area contributed by atoms with Gasteiger partial charge in [0.1, 0.15) is 6.04 Å². The summed E-state index contributed by atoms with van der Waals surface area (Å²) in [4.78, 5) is 24.3. The van der Waals surface area contributed by atoms with E-state index in [1.165, 1.54) is 24.3 Å². The maximum absolute atomic E-state index is 12.6. The van der Waals surface area contributed by atoms with Gasteiger partial charge in [0.15, 0.2) is 0 Å². The molecule has 3 N–H and O–H groups in total. The van der Waals surface area contributed by atoms with Crippen LogP contribution in [0.15, 0.2) is 53.4 Å². The van der Waals surface area contributed by atoms with Gasteiger partial charge in [-0.1, -0.05) is 30.7 Å². The smallest absolute Gasteiger partial charge is 0.261 e. The highest BCUT2D eigenvalue weighted by Gasteiger charge is 2.19. The summed E-state index contributed by atoms with van der Waals surface area (Å²) >= 11 is 0. The number of carbonyl (C=O) groups excluding carboxylic acids is 2. The molecule has 150 valence electrons. The minimum atomic E-state index is -3.85. The highest BCUT2D eigenvalue weighted by molar-refractivity contribution is 7.92. The first-order valence-corrected chi connectivity index (χ1v) is 10.5. The fraction of sp³-hybridized carbons (Fsp3) is 0.300. The molecule has 0 aliphatic carbocycles. The second-order valence-electron chi connectivity index (χ2n) is 6.49. The van der Waals surface area contributed by atoms with E-state index in [2.05, 4.69) is 15.4 Å². The zero-order valence-corrected chi connectivity index (χ0v) is 17.0. The van der Waals surface area contributed by atoms with Crippen LogP contribution >= 0.6 is 0 Å². The van der Waals surface area contributed by atoms with Crippen molar-refractivity contribution in [3.05, 3.63) is 59.7 Å². The van der Waals surface area contributed by atoms with Gasteiger partial charge in [0.2, 0.25) is 5.91 Å². The van der Waals surface area contributed by atoms with Gasteiger partial charge < -0.3 is 10.6 Å². The first-order valence-electron chi connectivity index (χ1n) is 9.01. The van der Waals surface area contributed by atoms with Crippen molar-refractivity contribution < 1.29 is 18.0 Å². The van der Waals surface area contributed by atoms with E-state index in [0.717, 1.165) is 12.0 Å². The Bertz CT molecular complexity index is 940. The summed E-state index contributed by atoms with van der Waals surface area (Å²) in [6.45, 7) is 5.93. The Balaban J connectivity index is 2.12. The molecule has 0 aliphatic heterocycles. The summed E-state index contributed by atoms with van der Waals surface area (Å²) in [6, 6.07) is 11.9. The Morgan fingerprint density at radius 3 is 2.39 bits per heavy atom. The van der Waals surface area contributed by atoms with E-state index in [9.17, 15) is 18.0 Å². The Hall–Kier alpha value is -2.87. The molecule has 2 aromatic rings. The SMILES string of the molecule is CCCNC(=O)C(C)NC(=O)c1cccc(S(=O)(=O)Nc2ccc(C)cc2)c1. The van der Waals surface area contributed by atoms with Crippen LogP contribution in [0.5, 0.6) is 0 Å². The molecule has 0 bridgehead atoms. The lowest BCUT2D eigenvalue weighted by Crippen LogP contribution is -2.45. The van der Waals surface area contributed by atoms with Gasteiger partial charge in [-0.25, -0.2) is 8.42 Å². The number of hydrogen-bond acceptors (Lipinski definition) is 4. The molecule has 0 heterocycles. The minimum Gasteiger partial charge on any atom is -0.354 e. The number of aryl methyl sites for hydroxylation is 1. The number of carbonyl (C=O) groups is 2. The van der Waals surface area contributed by atoms with Gasteiger partial charge in [-0.2, -0.15) is 0 Å². The number of anilines is 1. The predicted octanol–water partition coefficient (Wildman–Crippen LogP) is 2.44. The summed E-state index contributed by atoms with van der Waals surface area (Å²) in [7, 11) is -3.85. The lowest BCUT2D eigenvalue weighted by atomic mass is 10.2. The third kappa shape index (κ3) is 5.82. The van der Waals surface area contributed by atoms with E-state index < -0.39 is 22.0 Å². The van der Waals surface area contributed by atoms with Crippen molar-refractivity contribution >= 4 is 27.5 Å². The molecule has 0 saturated heterocycles. The molecule has 1 atom stereocenters. The number of sulfonamides is 1. The van der Waals surface area contributed by atoms with Gasteiger partial charge in [0.05, 0.1) is 4.90 Å². The van der Waals surface area contributed by atoms with Crippen molar-refractivity contribution in [3.8, 4) is 0 Å². The van der Waals surface area contributed by atoms with Gasteiger partial charge >= 0.3 is 0 Å². The Morgan fingerprint density at radius 2 is 1.75 bits per heavy atom. The molecular weight excluding hydrogens is 378 g/mol. The van der Waals surface area contributed by atoms with Crippen LogP contribution in [0.3, 0.4) is 0 Å². The molecule has 2 aromatic carbocycles. The van der Waals surface area contributed by atoms with Crippen LogP contribution < -0.4 is 15.4 Å². The number of hydrogen-bond donors (Lipinski definition) is 3. The number of amides is 2.